The lowest BCUT2D eigenvalue weighted by molar-refractivity contribution is -0.125. The number of carbonyl (C=O) groups excluding carboxylic acids is 1. The fourth-order valence-corrected chi connectivity index (χ4v) is 2.17. The molecule has 98 valence electrons. The van der Waals surface area contributed by atoms with Crippen LogP contribution in [0.25, 0.3) is 0 Å². The van der Waals surface area contributed by atoms with Crippen LogP contribution in [0.5, 0.6) is 0 Å². The van der Waals surface area contributed by atoms with Crippen LogP contribution >= 0.6 is 11.6 Å². The number of likely N-dealkylation sites (tertiary alicyclic amines) is 1. The zero-order chi connectivity index (χ0) is 13.3. The molecule has 6 heteroatoms. The summed E-state index contributed by atoms with van der Waals surface area (Å²) < 4.78 is 13.4. The zero-order valence-corrected chi connectivity index (χ0v) is 10.7. The van der Waals surface area contributed by atoms with Gasteiger partial charge in [-0.25, -0.2) is 4.39 Å². The molecule has 1 heterocycles. The van der Waals surface area contributed by atoms with Crippen LogP contribution in [-0.2, 0) is 4.79 Å². The number of hydrogen-bond donors (Lipinski definition) is 2. The lowest BCUT2D eigenvalue weighted by Gasteiger charge is -2.43. The van der Waals surface area contributed by atoms with Gasteiger partial charge in [0.15, 0.2) is 0 Å². The summed E-state index contributed by atoms with van der Waals surface area (Å²) in [5.41, 5.74) is -0.608. The normalized spacial score (nSPS) is 18.2. The monoisotopic (exact) mass is 272 g/mol. The van der Waals surface area contributed by atoms with Crippen LogP contribution in [0.1, 0.15) is 6.92 Å². The van der Waals surface area contributed by atoms with Gasteiger partial charge in [-0.15, -0.1) is 0 Å². The minimum atomic E-state index is -0.716. The summed E-state index contributed by atoms with van der Waals surface area (Å²) >= 11 is 5.61. The second-order valence-corrected chi connectivity index (χ2v) is 5.25. The Bertz CT molecular complexity index is 471. The van der Waals surface area contributed by atoms with Crippen molar-refractivity contribution in [2.45, 2.75) is 12.5 Å². The first kappa shape index (κ1) is 13.3. The molecule has 1 aliphatic rings. The molecule has 0 aliphatic carbocycles. The fraction of sp³-hybridized carbons (Fsp3) is 0.417. The number of carbonyl (C=O) groups is 1. The standard InChI is InChI=1S/C12H14ClFN2O2/c1-12(18)6-16(7-12)5-11(17)15-10-3-2-8(13)4-9(10)14/h2-4,18H,5-7H2,1H3,(H,15,17). The van der Waals surface area contributed by atoms with Crippen molar-refractivity contribution >= 4 is 23.2 Å². The van der Waals surface area contributed by atoms with Crippen molar-refractivity contribution in [1.82, 2.24) is 4.90 Å². The maximum atomic E-state index is 13.4. The Balaban J connectivity index is 1.88. The number of β-amino-alcohol motifs (C(OH)–C–C–N with tert-alkyl or cyclic N) is 1. The van der Waals surface area contributed by atoms with Gasteiger partial charge < -0.3 is 10.4 Å². The van der Waals surface area contributed by atoms with Gasteiger partial charge >= 0.3 is 0 Å². The Morgan fingerprint density at radius 3 is 2.83 bits per heavy atom. The van der Waals surface area contributed by atoms with Gasteiger partial charge in [-0.05, 0) is 25.1 Å². The van der Waals surface area contributed by atoms with E-state index >= 15 is 0 Å². The molecule has 1 fully saturated rings. The predicted octanol–water partition coefficient (Wildman–Crippen LogP) is 1.48. The highest BCUT2D eigenvalue weighted by Gasteiger charge is 2.37. The van der Waals surface area contributed by atoms with Gasteiger partial charge in [-0.3, -0.25) is 9.69 Å². The van der Waals surface area contributed by atoms with Crippen molar-refractivity contribution < 1.29 is 14.3 Å². The number of anilines is 1. The Morgan fingerprint density at radius 2 is 2.28 bits per heavy atom. The molecule has 4 nitrogen and oxygen atoms in total. The first-order valence-corrected chi connectivity index (χ1v) is 5.93. The van der Waals surface area contributed by atoms with Crippen LogP contribution < -0.4 is 5.32 Å². The van der Waals surface area contributed by atoms with Gasteiger partial charge in [0, 0.05) is 18.1 Å². The van der Waals surface area contributed by atoms with Crippen LogP contribution in [-0.4, -0.2) is 41.1 Å². The summed E-state index contributed by atoms with van der Waals surface area (Å²) in [4.78, 5) is 13.4. The first-order valence-electron chi connectivity index (χ1n) is 5.55. The molecule has 1 amide bonds. The van der Waals surface area contributed by atoms with Crippen molar-refractivity contribution in [3.8, 4) is 0 Å². The van der Waals surface area contributed by atoms with Crippen LogP contribution in [0.3, 0.4) is 0 Å². The van der Waals surface area contributed by atoms with E-state index in [1.165, 1.54) is 12.1 Å². The number of aliphatic hydroxyl groups is 1. The molecule has 0 saturated carbocycles. The summed E-state index contributed by atoms with van der Waals surface area (Å²) in [6.45, 7) is 2.74. The van der Waals surface area contributed by atoms with Crippen molar-refractivity contribution in [1.29, 1.82) is 0 Å². The summed E-state index contributed by atoms with van der Waals surface area (Å²) in [6, 6.07) is 4.07. The molecule has 1 aromatic carbocycles. The van der Waals surface area contributed by atoms with E-state index in [-0.39, 0.29) is 23.2 Å². The number of nitrogens with one attached hydrogen (secondary N) is 1. The second kappa shape index (κ2) is 4.84. The molecular formula is C12H14ClFN2O2. The fourth-order valence-electron chi connectivity index (χ4n) is 2.01. The van der Waals surface area contributed by atoms with Gasteiger partial charge in [0.2, 0.25) is 5.91 Å². The molecule has 2 rings (SSSR count). The van der Waals surface area contributed by atoms with Crippen molar-refractivity contribution in [2.75, 3.05) is 25.0 Å². The minimum Gasteiger partial charge on any atom is -0.388 e. The largest absolute Gasteiger partial charge is 0.388 e. The van der Waals surface area contributed by atoms with E-state index in [4.69, 9.17) is 11.6 Å². The number of nitrogens with zero attached hydrogens (tertiary/aromatic N) is 1. The van der Waals surface area contributed by atoms with Gasteiger partial charge in [0.05, 0.1) is 17.8 Å². The van der Waals surface area contributed by atoms with E-state index < -0.39 is 11.4 Å². The summed E-state index contributed by atoms with van der Waals surface area (Å²) in [6.07, 6.45) is 0. The van der Waals surface area contributed by atoms with Crippen molar-refractivity contribution in [2.24, 2.45) is 0 Å². The molecule has 2 N–H and O–H groups in total. The van der Waals surface area contributed by atoms with Crippen molar-refractivity contribution in [3.05, 3.63) is 29.0 Å². The molecular weight excluding hydrogens is 259 g/mol. The Kier molecular flexibility index (Phi) is 3.56. The summed E-state index contributed by atoms with van der Waals surface area (Å²) in [7, 11) is 0. The van der Waals surface area contributed by atoms with Crippen LogP contribution in [0.4, 0.5) is 10.1 Å². The molecule has 1 saturated heterocycles. The SMILES string of the molecule is CC1(O)CN(CC(=O)Nc2ccc(Cl)cc2F)C1. The minimum absolute atomic E-state index is 0.108. The van der Waals surface area contributed by atoms with E-state index in [0.717, 1.165) is 6.07 Å². The molecule has 0 aromatic heterocycles. The summed E-state index contributed by atoms with van der Waals surface area (Å²) in [5.74, 6) is -0.877. The smallest absolute Gasteiger partial charge is 0.238 e. The molecule has 1 aromatic rings. The molecule has 0 spiro atoms. The molecule has 0 unspecified atom stereocenters. The second-order valence-electron chi connectivity index (χ2n) is 4.81. The average molecular weight is 273 g/mol. The number of rotatable bonds is 3. The predicted molar refractivity (Wildman–Crippen MR) is 67.1 cm³/mol. The highest BCUT2D eigenvalue weighted by molar-refractivity contribution is 6.30. The van der Waals surface area contributed by atoms with E-state index in [1.54, 1.807) is 11.8 Å². The lowest BCUT2D eigenvalue weighted by atomic mass is 9.97. The third-order valence-electron chi connectivity index (χ3n) is 2.70. The third kappa shape index (κ3) is 3.19. The maximum absolute atomic E-state index is 13.4. The van der Waals surface area contributed by atoms with E-state index in [0.29, 0.717) is 13.1 Å². The molecule has 0 bridgehead atoms. The van der Waals surface area contributed by atoms with Crippen molar-refractivity contribution in [3.63, 3.8) is 0 Å². The zero-order valence-electron chi connectivity index (χ0n) is 9.91. The molecule has 0 atom stereocenters. The number of amides is 1. The maximum Gasteiger partial charge on any atom is 0.238 e. The van der Waals surface area contributed by atoms with Gasteiger partial charge in [-0.1, -0.05) is 11.6 Å². The third-order valence-corrected chi connectivity index (χ3v) is 2.94. The Hall–Kier alpha value is -1.17. The average Bonchev–Trinajstić information content (AvgIpc) is 2.19. The Morgan fingerprint density at radius 1 is 1.61 bits per heavy atom. The van der Waals surface area contributed by atoms with Crippen LogP contribution in [0.15, 0.2) is 18.2 Å². The van der Waals surface area contributed by atoms with Gasteiger partial charge in [0.1, 0.15) is 5.82 Å². The van der Waals surface area contributed by atoms with E-state index in [1.807, 2.05) is 0 Å². The van der Waals surface area contributed by atoms with Gasteiger partial charge in [-0.2, -0.15) is 0 Å². The van der Waals surface area contributed by atoms with E-state index in [9.17, 15) is 14.3 Å². The molecule has 1 aliphatic heterocycles. The van der Waals surface area contributed by atoms with Crippen LogP contribution in [0.2, 0.25) is 5.02 Å². The first-order chi connectivity index (χ1) is 8.35. The Labute approximate surface area is 109 Å². The van der Waals surface area contributed by atoms with Gasteiger partial charge in [0.25, 0.3) is 0 Å². The highest BCUT2D eigenvalue weighted by atomic mass is 35.5. The molecule has 18 heavy (non-hydrogen) atoms. The quantitative estimate of drug-likeness (QED) is 0.876. The number of hydrogen-bond acceptors (Lipinski definition) is 3. The molecule has 0 radical (unpaired) electrons. The van der Waals surface area contributed by atoms with Crippen LogP contribution in [0, 0.1) is 5.82 Å². The number of benzene rings is 1. The highest BCUT2D eigenvalue weighted by Crippen LogP contribution is 2.21. The van der Waals surface area contributed by atoms with E-state index in [2.05, 4.69) is 5.32 Å². The lowest BCUT2D eigenvalue weighted by Crippen LogP contribution is -2.61. The summed E-state index contributed by atoms with van der Waals surface area (Å²) in [5, 5.41) is 12.3. The number of halogens is 2. The topological polar surface area (TPSA) is 52.6 Å².